The topological polar surface area (TPSA) is 42.2 Å². The minimum Gasteiger partial charge on any atom is -0.480 e. The highest BCUT2D eigenvalue weighted by Gasteiger charge is 2.24. The predicted octanol–water partition coefficient (Wildman–Crippen LogP) is 6.06. The van der Waals surface area contributed by atoms with Crippen molar-refractivity contribution in [1.82, 2.24) is 4.57 Å². The van der Waals surface area contributed by atoms with E-state index < -0.39 is 12.1 Å². The lowest BCUT2D eigenvalue weighted by molar-refractivity contribution is -0.137. The molecule has 1 heterocycles. The molecule has 3 rings (SSSR count). The summed E-state index contributed by atoms with van der Waals surface area (Å²) in [4.78, 5) is 12.5. The third kappa shape index (κ3) is 4.30. The second-order valence-electron chi connectivity index (χ2n) is 6.96. The molecule has 2 aromatic rings. The third-order valence-corrected chi connectivity index (χ3v) is 6.10. The molecule has 0 fully saturated rings. The van der Waals surface area contributed by atoms with Crippen molar-refractivity contribution in [1.29, 1.82) is 0 Å². The molecule has 1 aliphatic carbocycles. The molecule has 5 heteroatoms. The molecule has 0 aliphatic heterocycles. The van der Waals surface area contributed by atoms with Crippen LogP contribution < -0.4 is 0 Å². The molecule has 0 saturated carbocycles. The fourth-order valence-electron chi connectivity index (χ4n) is 3.47. The van der Waals surface area contributed by atoms with Crippen molar-refractivity contribution in [2.45, 2.75) is 44.3 Å². The number of carboxylic acid groups (broad SMARTS) is 1. The molecule has 2 unspecified atom stereocenters. The number of halogens is 1. The smallest absolute Gasteiger partial charge is 0.323 e. The molecule has 1 aromatic heterocycles. The Balaban J connectivity index is 2.01. The zero-order chi connectivity index (χ0) is 20.3. The summed E-state index contributed by atoms with van der Waals surface area (Å²) in [6.45, 7) is 5.99. The number of aliphatic carboxylic acids is 1. The monoisotopic (exact) mass is 397 g/mol. The molecule has 1 aromatic carbocycles. The molecular weight excluding hydrogens is 373 g/mol. The Morgan fingerprint density at radius 3 is 2.64 bits per heavy atom. The summed E-state index contributed by atoms with van der Waals surface area (Å²) in [6, 6.07) is 10.1. The van der Waals surface area contributed by atoms with Crippen LogP contribution in [-0.2, 0) is 11.3 Å². The Labute approximate surface area is 169 Å². The van der Waals surface area contributed by atoms with E-state index in [1.165, 1.54) is 17.7 Å². The second kappa shape index (κ2) is 8.65. The SMILES string of the molecule is C/C(=C\Sc1ccccc1)C(C)c1c2c(n(CC(=O)O)c1C)C=CC(F)C=C2. The third-order valence-electron chi connectivity index (χ3n) is 5.07. The Bertz CT molecular complexity index is 957. The number of nitrogens with zero attached hydrogens (tertiary/aromatic N) is 1. The van der Waals surface area contributed by atoms with E-state index in [2.05, 4.69) is 31.4 Å². The van der Waals surface area contributed by atoms with Gasteiger partial charge < -0.3 is 9.67 Å². The van der Waals surface area contributed by atoms with Gasteiger partial charge in [-0.3, -0.25) is 4.79 Å². The first-order valence-electron chi connectivity index (χ1n) is 9.22. The number of allylic oxidation sites excluding steroid dienone is 3. The predicted molar refractivity (Wildman–Crippen MR) is 114 cm³/mol. The normalized spacial score (nSPS) is 17.3. The minimum atomic E-state index is -1.17. The Kier molecular flexibility index (Phi) is 6.25. The fourth-order valence-corrected chi connectivity index (χ4v) is 4.31. The number of aromatic nitrogens is 1. The first kappa shape index (κ1) is 20.2. The standard InChI is InChI=1S/C23H24FNO2S/c1-15(14-28-19-7-5-4-6-8-19)16(2)23-17(3)25(13-22(26)27)21-12-10-18(24)9-11-20(21)23/h4-12,14,16,18H,13H2,1-3H3,(H,26,27)/b15-14+. The molecule has 2 atom stereocenters. The number of benzene rings is 1. The molecule has 146 valence electrons. The number of alkyl halides is 1. The van der Waals surface area contributed by atoms with Gasteiger partial charge >= 0.3 is 5.97 Å². The van der Waals surface area contributed by atoms with E-state index in [9.17, 15) is 14.3 Å². The van der Waals surface area contributed by atoms with Gasteiger partial charge in [0.2, 0.25) is 0 Å². The summed E-state index contributed by atoms with van der Waals surface area (Å²) in [5, 5.41) is 11.5. The number of fused-ring (bicyclic) bond motifs is 1. The Morgan fingerprint density at radius 1 is 1.29 bits per heavy atom. The summed E-state index contributed by atoms with van der Waals surface area (Å²) < 4.78 is 15.6. The molecule has 1 N–H and O–H groups in total. The van der Waals surface area contributed by atoms with Crippen molar-refractivity contribution < 1.29 is 14.3 Å². The van der Waals surface area contributed by atoms with Crippen LogP contribution in [0.2, 0.25) is 0 Å². The zero-order valence-corrected chi connectivity index (χ0v) is 17.0. The van der Waals surface area contributed by atoms with Crippen molar-refractivity contribution in [2.24, 2.45) is 0 Å². The first-order chi connectivity index (χ1) is 13.4. The van der Waals surface area contributed by atoms with E-state index in [0.717, 1.165) is 27.4 Å². The fraction of sp³-hybridized carbons (Fsp3) is 0.261. The van der Waals surface area contributed by atoms with Crippen molar-refractivity contribution in [2.75, 3.05) is 0 Å². The van der Waals surface area contributed by atoms with Crippen LogP contribution >= 0.6 is 11.8 Å². The maximum absolute atomic E-state index is 13.9. The number of carbonyl (C=O) groups is 1. The van der Waals surface area contributed by atoms with Gasteiger partial charge in [-0.25, -0.2) is 4.39 Å². The van der Waals surface area contributed by atoms with Gasteiger partial charge in [-0.15, -0.1) is 0 Å². The summed E-state index contributed by atoms with van der Waals surface area (Å²) in [5.74, 6) is -0.834. The van der Waals surface area contributed by atoms with Gasteiger partial charge in [-0.1, -0.05) is 48.5 Å². The second-order valence-corrected chi connectivity index (χ2v) is 7.90. The van der Waals surface area contributed by atoms with Crippen LogP contribution in [0.5, 0.6) is 0 Å². The van der Waals surface area contributed by atoms with E-state index >= 15 is 0 Å². The van der Waals surface area contributed by atoms with E-state index in [-0.39, 0.29) is 12.5 Å². The van der Waals surface area contributed by atoms with Gasteiger partial charge in [0.05, 0.1) is 0 Å². The lowest BCUT2D eigenvalue weighted by Crippen LogP contribution is -2.12. The van der Waals surface area contributed by atoms with Crippen molar-refractivity contribution in [3.05, 3.63) is 76.0 Å². The van der Waals surface area contributed by atoms with Gasteiger partial charge in [0.1, 0.15) is 12.7 Å². The van der Waals surface area contributed by atoms with E-state index in [4.69, 9.17) is 0 Å². The van der Waals surface area contributed by atoms with E-state index in [1.807, 2.05) is 25.1 Å². The van der Waals surface area contributed by atoms with Crippen LogP contribution in [0.25, 0.3) is 12.2 Å². The van der Waals surface area contributed by atoms with E-state index in [0.29, 0.717) is 0 Å². The number of rotatable bonds is 6. The quantitative estimate of drug-likeness (QED) is 0.603. The van der Waals surface area contributed by atoms with E-state index in [1.54, 1.807) is 28.5 Å². The highest BCUT2D eigenvalue weighted by Crippen LogP contribution is 2.37. The molecule has 0 saturated heterocycles. The lowest BCUT2D eigenvalue weighted by Gasteiger charge is -2.15. The molecule has 0 spiro atoms. The first-order valence-corrected chi connectivity index (χ1v) is 10.1. The average molecular weight is 398 g/mol. The summed E-state index contributed by atoms with van der Waals surface area (Å²) in [6.07, 6.45) is 5.29. The van der Waals surface area contributed by atoms with Gasteiger partial charge in [-0.05, 0) is 55.2 Å². The van der Waals surface area contributed by atoms with Crippen LogP contribution in [0.4, 0.5) is 4.39 Å². The van der Waals surface area contributed by atoms with Gasteiger partial charge in [-0.2, -0.15) is 0 Å². The summed E-state index contributed by atoms with van der Waals surface area (Å²) >= 11 is 1.66. The van der Waals surface area contributed by atoms with Crippen LogP contribution in [0.15, 0.2) is 58.4 Å². The van der Waals surface area contributed by atoms with Crippen LogP contribution in [0, 0.1) is 6.92 Å². The maximum atomic E-state index is 13.9. The molecular formula is C23H24FNO2S. The molecule has 3 nitrogen and oxygen atoms in total. The van der Waals surface area contributed by atoms with Crippen molar-refractivity contribution >= 4 is 29.9 Å². The zero-order valence-electron chi connectivity index (χ0n) is 16.2. The molecule has 0 amide bonds. The minimum absolute atomic E-state index is 0.0780. The number of hydrogen-bond donors (Lipinski definition) is 1. The number of hydrogen-bond acceptors (Lipinski definition) is 2. The summed E-state index contributed by atoms with van der Waals surface area (Å²) in [5.41, 5.74) is 4.78. The molecule has 0 radical (unpaired) electrons. The Hall–Kier alpha value is -2.53. The van der Waals surface area contributed by atoms with Crippen molar-refractivity contribution in [3.8, 4) is 0 Å². The van der Waals surface area contributed by atoms with Gasteiger partial charge in [0.25, 0.3) is 0 Å². The lowest BCUT2D eigenvalue weighted by atomic mass is 9.91. The highest BCUT2D eigenvalue weighted by atomic mass is 32.2. The largest absolute Gasteiger partial charge is 0.480 e. The molecule has 1 aliphatic rings. The van der Waals surface area contributed by atoms with Gasteiger partial charge in [0.15, 0.2) is 0 Å². The van der Waals surface area contributed by atoms with Gasteiger partial charge in [0, 0.05) is 27.8 Å². The number of carboxylic acids is 1. The number of thioether (sulfide) groups is 1. The molecule has 0 bridgehead atoms. The van der Waals surface area contributed by atoms with Crippen LogP contribution in [-0.4, -0.2) is 21.8 Å². The maximum Gasteiger partial charge on any atom is 0.323 e. The highest BCUT2D eigenvalue weighted by molar-refractivity contribution is 8.02. The van der Waals surface area contributed by atoms with Crippen LogP contribution in [0.3, 0.4) is 0 Å². The summed E-state index contributed by atoms with van der Waals surface area (Å²) in [7, 11) is 0. The van der Waals surface area contributed by atoms with Crippen LogP contribution in [0.1, 0.15) is 42.3 Å². The van der Waals surface area contributed by atoms with Crippen molar-refractivity contribution in [3.63, 3.8) is 0 Å². The molecule has 28 heavy (non-hydrogen) atoms. The average Bonchev–Trinajstić information content (AvgIpc) is 2.79. The Morgan fingerprint density at radius 2 is 1.96 bits per heavy atom.